The summed E-state index contributed by atoms with van der Waals surface area (Å²) in [7, 11) is 3.25. The van der Waals surface area contributed by atoms with Crippen LogP contribution in [0, 0.1) is 0 Å². The second kappa shape index (κ2) is 5.27. The van der Waals surface area contributed by atoms with E-state index in [4.69, 9.17) is 9.47 Å². The van der Waals surface area contributed by atoms with E-state index >= 15 is 0 Å². The van der Waals surface area contributed by atoms with E-state index in [0.29, 0.717) is 12.2 Å². The zero-order chi connectivity index (χ0) is 13.1. The van der Waals surface area contributed by atoms with Gasteiger partial charge in [-0.05, 0) is 41.8 Å². The minimum atomic E-state index is -0.358. The van der Waals surface area contributed by atoms with Crippen molar-refractivity contribution in [2.24, 2.45) is 0 Å². The second-order valence-corrected chi connectivity index (χ2v) is 4.40. The Labute approximate surface area is 107 Å². The fourth-order valence-corrected chi connectivity index (χ4v) is 2.16. The average molecular weight is 246 g/mol. The summed E-state index contributed by atoms with van der Waals surface area (Å²) in [6.07, 6.45) is 0.274. The summed E-state index contributed by atoms with van der Waals surface area (Å²) in [5.74, 6) is 1.43. The lowest BCUT2D eigenvalue weighted by Gasteiger charge is -2.12. The zero-order valence-corrected chi connectivity index (χ0v) is 10.9. The minimum Gasteiger partial charge on any atom is -0.493 e. The summed E-state index contributed by atoms with van der Waals surface area (Å²) in [6, 6.07) is 9.97. The Morgan fingerprint density at radius 3 is 2.39 bits per heavy atom. The minimum absolute atomic E-state index is 0.358. The number of hydrogen-bond donors (Lipinski definition) is 1. The highest BCUT2D eigenvalue weighted by molar-refractivity contribution is 5.89. The van der Waals surface area contributed by atoms with Gasteiger partial charge in [-0.1, -0.05) is 18.2 Å². The molecule has 0 amide bonds. The summed E-state index contributed by atoms with van der Waals surface area (Å²) in [4.78, 5) is 0. The number of rotatable bonds is 4. The molecule has 3 nitrogen and oxygen atoms in total. The fraction of sp³-hybridized carbons (Fsp3) is 0.333. The Morgan fingerprint density at radius 2 is 1.78 bits per heavy atom. The molecular formula is C15H18O3. The number of ether oxygens (including phenoxy) is 2. The summed E-state index contributed by atoms with van der Waals surface area (Å²) < 4.78 is 10.6. The van der Waals surface area contributed by atoms with Crippen molar-refractivity contribution in [1.82, 2.24) is 0 Å². The van der Waals surface area contributed by atoms with Crippen LogP contribution in [0.4, 0.5) is 0 Å². The van der Waals surface area contributed by atoms with Crippen molar-refractivity contribution < 1.29 is 14.6 Å². The summed E-state index contributed by atoms with van der Waals surface area (Å²) in [6.45, 7) is 1.79. The smallest absolute Gasteiger partial charge is 0.161 e. The highest BCUT2D eigenvalue weighted by Crippen LogP contribution is 2.33. The van der Waals surface area contributed by atoms with Crippen LogP contribution in [0.3, 0.4) is 0 Å². The molecule has 2 rings (SSSR count). The molecule has 3 heteroatoms. The van der Waals surface area contributed by atoms with E-state index in [-0.39, 0.29) is 6.10 Å². The maximum absolute atomic E-state index is 9.54. The maximum atomic E-state index is 9.54. The number of benzene rings is 2. The Balaban J connectivity index is 2.61. The molecule has 0 aliphatic heterocycles. The first-order valence-corrected chi connectivity index (χ1v) is 5.97. The topological polar surface area (TPSA) is 38.7 Å². The van der Waals surface area contributed by atoms with E-state index < -0.39 is 0 Å². The molecule has 0 aromatic heterocycles. The molecule has 1 atom stereocenters. The number of hydrogen-bond acceptors (Lipinski definition) is 3. The SMILES string of the molecule is COc1cc2cccc(CC(C)O)c2cc1OC. The predicted molar refractivity (Wildman–Crippen MR) is 72.4 cm³/mol. The third kappa shape index (κ3) is 2.41. The molecule has 0 saturated carbocycles. The number of fused-ring (bicyclic) bond motifs is 1. The molecule has 0 radical (unpaired) electrons. The second-order valence-electron chi connectivity index (χ2n) is 4.40. The fourth-order valence-electron chi connectivity index (χ4n) is 2.16. The molecule has 0 saturated heterocycles. The summed E-state index contributed by atoms with van der Waals surface area (Å²) >= 11 is 0. The van der Waals surface area contributed by atoms with Gasteiger partial charge >= 0.3 is 0 Å². The van der Waals surface area contributed by atoms with Crippen molar-refractivity contribution in [2.45, 2.75) is 19.4 Å². The first kappa shape index (κ1) is 12.7. The summed E-state index contributed by atoms with van der Waals surface area (Å²) in [5, 5.41) is 11.7. The van der Waals surface area contributed by atoms with Crippen LogP contribution in [0.5, 0.6) is 11.5 Å². The van der Waals surface area contributed by atoms with Crippen LogP contribution < -0.4 is 9.47 Å². The third-order valence-electron chi connectivity index (χ3n) is 2.99. The van der Waals surface area contributed by atoms with Crippen molar-refractivity contribution in [3.05, 3.63) is 35.9 Å². The highest BCUT2D eigenvalue weighted by Gasteiger charge is 2.09. The first-order valence-electron chi connectivity index (χ1n) is 5.97. The number of aliphatic hydroxyl groups excluding tert-OH is 1. The van der Waals surface area contributed by atoms with E-state index in [9.17, 15) is 5.11 Å². The molecule has 0 spiro atoms. The van der Waals surface area contributed by atoms with Gasteiger partial charge in [-0.3, -0.25) is 0 Å². The predicted octanol–water partition coefficient (Wildman–Crippen LogP) is 2.78. The van der Waals surface area contributed by atoms with Crippen LogP contribution in [0.1, 0.15) is 12.5 Å². The number of methoxy groups -OCH3 is 2. The molecule has 96 valence electrons. The Bertz CT molecular complexity index is 547. The normalized spacial score (nSPS) is 12.4. The van der Waals surface area contributed by atoms with Crippen LogP contribution >= 0.6 is 0 Å². The standard InChI is InChI=1S/C15H18O3/c1-10(16)7-11-5-4-6-12-8-14(17-2)15(18-3)9-13(11)12/h4-6,8-10,16H,7H2,1-3H3. The molecular weight excluding hydrogens is 228 g/mol. The average Bonchev–Trinajstić information content (AvgIpc) is 2.37. The lowest BCUT2D eigenvalue weighted by atomic mass is 9.99. The van der Waals surface area contributed by atoms with E-state index in [0.717, 1.165) is 22.1 Å². The van der Waals surface area contributed by atoms with Gasteiger partial charge in [0.05, 0.1) is 20.3 Å². The highest BCUT2D eigenvalue weighted by atomic mass is 16.5. The Morgan fingerprint density at radius 1 is 1.11 bits per heavy atom. The van der Waals surface area contributed by atoms with E-state index in [1.165, 1.54) is 0 Å². The van der Waals surface area contributed by atoms with Crippen molar-refractivity contribution in [3.63, 3.8) is 0 Å². The largest absolute Gasteiger partial charge is 0.493 e. The van der Waals surface area contributed by atoms with Crippen molar-refractivity contribution in [2.75, 3.05) is 14.2 Å². The molecule has 2 aromatic rings. The van der Waals surface area contributed by atoms with Gasteiger partial charge in [-0.15, -0.1) is 0 Å². The molecule has 0 bridgehead atoms. The molecule has 2 aromatic carbocycles. The molecule has 1 unspecified atom stereocenters. The van der Waals surface area contributed by atoms with E-state index in [1.54, 1.807) is 21.1 Å². The maximum Gasteiger partial charge on any atom is 0.161 e. The molecule has 18 heavy (non-hydrogen) atoms. The van der Waals surface area contributed by atoms with Gasteiger partial charge in [0.2, 0.25) is 0 Å². The monoisotopic (exact) mass is 246 g/mol. The van der Waals surface area contributed by atoms with Crippen LogP contribution in [0.25, 0.3) is 10.8 Å². The van der Waals surface area contributed by atoms with Crippen molar-refractivity contribution in [1.29, 1.82) is 0 Å². The Hall–Kier alpha value is -1.74. The lowest BCUT2D eigenvalue weighted by molar-refractivity contribution is 0.196. The number of aliphatic hydroxyl groups is 1. The molecule has 0 aliphatic rings. The van der Waals surface area contributed by atoms with Gasteiger partial charge in [0.25, 0.3) is 0 Å². The lowest BCUT2D eigenvalue weighted by Crippen LogP contribution is -2.04. The van der Waals surface area contributed by atoms with Crippen molar-refractivity contribution >= 4 is 10.8 Å². The first-order chi connectivity index (χ1) is 8.65. The van der Waals surface area contributed by atoms with Gasteiger partial charge in [-0.25, -0.2) is 0 Å². The van der Waals surface area contributed by atoms with Gasteiger partial charge in [0, 0.05) is 0 Å². The quantitative estimate of drug-likeness (QED) is 0.901. The van der Waals surface area contributed by atoms with Crippen molar-refractivity contribution in [3.8, 4) is 11.5 Å². The molecule has 0 heterocycles. The van der Waals surface area contributed by atoms with Crippen LogP contribution in [-0.4, -0.2) is 25.4 Å². The Kier molecular flexibility index (Phi) is 3.72. The summed E-state index contributed by atoms with van der Waals surface area (Å²) in [5.41, 5.74) is 1.11. The third-order valence-corrected chi connectivity index (χ3v) is 2.99. The molecule has 0 aliphatic carbocycles. The zero-order valence-electron chi connectivity index (χ0n) is 10.9. The van der Waals surface area contributed by atoms with Gasteiger partial charge in [0.1, 0.15) is 0 Å². The van der Waals surface area contributed by atoms with Crippen LogP contribution in [0.2, 0.25) is 0 Å². The van der Waals surface area contributed by atoms with Gasteiger partial charge in [-0.2, -0.15) is 0 Å². The molecule has 0 fully saturated rings. The van der Waals surface area contributed by atoms with Gasteiger partial charge in [0.15, 0.2) is 11.5 Å². The van der Waals surface area contributed by atoms with E-state index in [2.05, 4.69) is 0 Å². The molecule has 1 N–H and O–H groups in total. The van der Waals surface area contributed by atoms with E-state index in [1.807, 2.05) is 30.3 Å². The van der Waals surface area contributed by atoms with Crippen LogP contribution in [0.15, 0.2) is 30.3 Å². The van der Waals surface area contributed by atoms with Crippen LogP contribution in [-0.2, 0) is 6.42 Å². The van der Waals surface area contributed by atoms with Gasteiger partial charge < -0.3 is 14.6 Å².